The SMILES string of the molecule is CC(C)OCCCNC(=O)CSCc1ccc(Cl)cc1F. The minimum atomic E-state index is -0.332. The van der Waals surface area contributed by atoms with Gasteiger partial charge >= 0.3 is 0 Å². The van der Waals surface area contributed by atoms with Gasteiger partial charge in [0.2, 0.25) is 5.91 Å². The quantitative estimate of drug-likeness (QED) is 0.701. The Hall–Kier alpha value is -0.780. The second kappa shape index (κ2) is 10.0. The van der Waals surface area contributed by atoms with Crippen LogP contribution in [0.1, 0.15) is 25.8 Å². The van der Waals surface area contributed by atoms with E-state index in [1.54, 1.807) is 12.1 Å². The number of carbonyl (C=O) groups is 1. The van der Waals surface area contributed by atoms with Gasteiger partial charge in [0, 0.05) is 23.9 Å². The number of halogens is 2. The molecule has 3 nitrogen and oxygen atoms in total. The Bertz CT molecular complexity index is 457. The molecule has 0 atom stereocenters. The summed E-state index contributed by atoms with van der Waals surface area (Å²) in [6, 6.07) is 4.58. The molecule has 1 aromatic carbocycles. The molecule has 0 saturated heterocycles. The molecule has 1 amide bonds. The van der Waals surface area contributed by atoms with Crippen LogP contribution in [0.2, 0.25) is 5.02 Å². The van der Waals surface area contributed by atoms with Crippen LogP contribution in [0, 0.1) is 5.82 Å². The van der Waals surface area contributed by atoms with Crippen LogP contribution in [0.5, 0.6) is 0 Å². The van der Waals surface area contributed by atoms with Gasteiger partial charge in [0.15, 0.2) is 0 Å². The summed E-state index contributed by atoms with van der Waals surface area (Å²) in [7, 11) is 0. The average Bonchev–Trinajstić information content (AvgIpc) is 2.40. The number of hydrogen-bond donors (Lipinski definition) is 1. The van der Waals surface area contributed by atoms with Gasteiger partial charge in [-0.25, -0.2) is 4.39 Å². The maximum absolute atomic E-state index is 13.5. The van der Waals surface area contributed by atoms with Crippen LogP contribution in [0.15, 0.2) is 18.2 Å². The highest BCUT2D eigenvalue weighted by molar-refractivity contribution is 7.99. The average molecular weight is 334 g/mol. The normalized spacial score (nSPS) is 10.9. The number of rotatable bonds is 9. The molecule has 0 aliphatic rings. The summed E-state index contributed by atoms with van der Waals surface area (Å²) in [5, 5.41) is 3.19. The third-order valence-corrected chi connectivity index (χ3v) is 3.82. The fraction of sp³-hybridized carbons (Fsp3) is 0.533. The number of carbonyl (C=O) groups excluding carboxylic acids is 1. The van der Waals surface area contributed by atoms with Gasteiger partial charge in [-0.3, -0.25) is 4.79 Å². The van der Waals surface area contributed by atoms with Crippen LogP contribution < -0.4 is 5.32 Å². The van der Waals surface area contributed by atoms with E-state index in [1.807, 2.05) is 13.8 Å². The highest BCUT2D eigenvalue weighted by atomic mass is 35.5. The van der Waals surface area contributed by atoms with Crippen molar-refractivity contribution in [1.29, 1.82) is 0 Å². The smallest absolute Gasteiger partial charge is 0.230 e. The maximum atomic E-state index is 13.5. The van der Waals surface area contributed by atoms with Crippen molar-refractivity contribution >= 4 is 29.3 Å². The minimum absolute atomic E-state index is 0.0427. The Morgan fingerprint density at radius 2 is 2.24 bits per heavy atom. The zero-order chi connectivity index (χ0) is 15.7. The molecule has 0 aliphatic heterocycles. The highest BCUT2D eigenvalue weighted by Gasteiger charge is 2.05. The predicted octanol–water partition coefficient (Wildman–Crippen LogP) is 3.64. The van der Waals surface area contributed by atoms with Crippen LogP contribution in [-0.4, -0.2) is 30.9 Å². The minimum Gasteiger partial charge on any atom is -0.379 e. The summed E-state index contributed by atoms with van der Waals surface area (Å²) in [5.74, 6) is 0.389. The molecule has 6 heteroatoms. The number of benzene rings is 1. The number of thioether (sulfide) groups is 1. The number of ether oxygens (including phenoxy) is 1. The molecule has 1 aromatic rings. The zero-order valence-electron chi connectivity index (χ0n) is 12.3. The Morgan fingerprint density at radius 1 is 1.48 bits per heavy atom. The molecule has 118 valence electrons. The first-order valence-corrected chi connectivity index (χ1v) is 8.42. The van der Waals surface area contributed by atoms with Gasteiger partial charge in [0.1, 0.15) is 5.82 Å². The first kappa shape index (κ1) is 18.3. The van der Waals surface area contributed by atoms with Crippen molar-refractivity contribution in [1.82, 2.24) is 5.32 Å². The zero-order valence-corrected chi connectivity index (χ0v) is 13.9. The lowest BCUT2D eigenvalue weighted by atomic mass is 10.2. The van der Waals surface area contributed by atoms with Crippen molar-refractivity contribution in [2.24, 2.45) is 0 Å². The summed E-state index contributed by atoms with van der Waals surface area (Å²) in [6.07, 6.45) is 1.01. The lowest BCUT2D eigenvalue weighted by Gasteiger charge is -2.08. The number of hydrogen-bond acceptors (Lipinski definition) is 3. The summed E-state index contributed by atoms with van der Waals surface area (Å²) < 4.78 is 18.9. The van der Waals surface area contributed by atoms with Gasteiger partial charge in [0.05, 0.1) is 11.9 Å². The van der Waals surface area contributed by atoms with Gasteiger partial charge in [-0.1, -0.05) is 17.7 Å². The summed E-state index contributed by atoms with van der Waals surface area (Å²) in [6.45, 7) is 5.19. The molecule has 21 heavy (non-hydrogen) atoms. The topological polar surface area (TPSA) is 38.3 Å². The van der Waals surface area contributed by atoms with E-state index in [9.17, 15) is 9.18 Å². The van der Waals surface area contributed by atoms with E-state index in [4.69, 9.17) is 16.3 Å². The van der Waals surface area contributed by atoms with Crippen molar-refractivity contribution in [3.8, 4) is 0 Å². The van der Waals surface area contributed by atoms with Crippen molar-refractivity contribution in [3.05, 3.63) is 34.6 Å². The van der Waals surface area contributed by atoms with Crippen molar-refractivity contribution in [2.75, 3.05) is 18.9 Å². The Morgan fingerprint density at radius 3 is 2.90 bits per heavy atom. The molecule has 1 N–H and O–H groups in total. The molecule has 0 saturated carbocycles. The van der Waals surface area contributed by atoms with Gasteiger partial charge < -0.3 is 10.1 Å². The Balaban J connectivity index is 2.13. The van der Waals surface area contributed by atoms with Gasteiger partial charge in [0.25, 0.3) is 0 Å². The molecule has 1 rings (SSSR count). The molecule has 0 bridgehead atoms. The predicted molar refractivity (Wildman–Crippen MR) is 86.3 cm³/mol. The number of amides is 1. The molecular weight excluding hydrogens is 313 g/mol. The highest BCUT2D eigenvalue weighted by Crippen LogP contribution is 2.19. The third-order valence-electron chi connectivity index (χ3n) is 2.60. The van der Waals surface area contributed by atoms with Gasteiger partial charge in [-0.15, -0.1) is 11.8 Å². The molecule has 0 radical (unpaired) electrons. The molecule has 0 aliphatic carbocycles. The number of nitrogens with one attached hydrogen (secondary N) is 1. The lowest BCUT2D eigenvalue weighted by Crippen LogP contribution is -2.27. The molecular formula is C15H21ClFNO2S. The summed E-state index contributed by atoms with van der Waals surface area (Å²) >= 11 is 7.06. The van der Waals surface area contributed by atoms with Crippen molar-refractivity contribution in [3.63, 3.8) is 0 Å². The van der Waals surface area contributed by atoms with E-state index in [1.165, 1.54) is 17.8 Å². The van der Waals surface area contributed by atoms with E-state index in [0.717, 1.165) is 6.42 Å². The van der Waals surface area contributed by atoms with Gasteiger partial charge in [-0.2, -0.15) is 0 Å². The summed E-state index contributed by atoms with van der Waals surface area (Å²) in [4.78, 5) is 11.6. The molecule has 0 unspecified atom stereocenters. The van der Waals surface area contributed by atoms with E-state index >= 15 is 0 Å². The van der Waals surface area contributed by atoms with Crippen LogP contribution >= 0.6 is 23.4 Å². The second-order valence-corrected chi connectivity index (χ2v) is 6.27. The monoisotopic (exact) mass is 333 g/mol. The van der Waals surface area contributed by atoms with Crippen molar-refractivity contribution in [2.45, 2.75) is 32.1 Å². The third kappa shape index (κ3) is 8.29. The van der Waals surface area contributed by atoms with E-state index in [2.05, 4.69) is 5.32 Å². The van der Waals surface area contributed by atoms with Gasteiger partial charge in [-0.05, 0) is 38.0 Å². The van der Waals surface area contributed by atoms with Crippen LogP contribution in [0.3, 0.4) is 0 Å². The largest absolute Gasteiger partial charge is 0.379 e. The fourth-order valence-corrected chi connectivity index (χ4v) is 2.56. The lowest BCUT2D eigenvalue weighted by molar-refractivity contribution is -0.118. The molecule has 0 spiro atoms. The molecule has 0 fully saturated rings. The van der Waals surface area contributed by atoms with Crippen LogP contribution in [-0.2, 0) is 15.3 Å². The first-order chi connectivity index (χ1) is 9.99. The van der Waals surface area contributed by atoms with E-state index < -0.39 is 0 Å². The molecule has 0 heterocycles. The first-order valence-electron chi connectivity index (χ1n) is 6.89. The van der Waals surface area contributed by atoms with Crippen LogP contribution in [0.25, 0.3) is 0 Å². The van der Waals surface area contributed by atoms with E-state index in [-0.39, 0.29) is 17.8 Å². The van der Waals surface area contributed by atoms with E-state index in [0.29, 0.717) is 35.2 Å². The maximum Gasteiger partial charge on any atom is 0.230 e. The van der Waals surface area contributed by atoms with Crippen LogP contribution in [0.4, 0.5) is 4.39 Å². The molecule has 0 aromatic heterocycles. The van der Waals surface area contributed by atoms with Crippen molar-refractivity contribution < 1.29 is 13.9 Å². The second-order valence-electron chi connectivity index (χ2n) is 4.85. The Labute approximate surface area is 134 Å². The fourth-order valence-electron chi connectivity index (χ4n) is 1.56. The standard InChI is InChI=1S/C15H21ClFNO2S/c1-11(2)20-7-3-6-18-15(19)10-21-9-12-4-5-13(16)8-14(12)17/h4-5,8,11H,3,6-7,9-10H2,1-2H3,(H,18,19). The summed E-state index contributed by atoms with van der Waals surface area (Å²) in [5.41, 5.74) is 0.558. The Kier molecular flexibility index (Phi) is 8.73.